The highest BCUT2D eigenvalue weighted by Crippen LogP contribution is 2.44. The maximum Gasteiger partial charge on any atom is 0.351 e. The van der Waals surface area contributed by atoms with E-state index in [0.29, 0.717) is 10.3 Å². The molecule has 1 unspecified atom stereocenters. The van der Waals surface area contributed by atoms with E-state index in [4.69, 9.17) is 27.9 Å². The van der Waals surface area contributed by atoms with Crippen LogP contribution in [0.2, 0.25) is 5.02 Å². The number of benzene rings is 1. The summed E-state index contributed by atoms with van der Waals surface area (Å²) in [6.07, 6.45) is -0.408. The highest BCUT2D eigenvalue weighted by Gasteiger charge is 2.35. The molecule has 0 radical (unpaired) electrons. The molecule has 1 aromatic rings. The molecule has 0 spiro atoms. The topological polar surface area (TPSA) is 26.3 Å². The summed E-state index contributed by atoms with van der Waals surface area (Å²) in [6.45, 7) is 4.09. The number of thioether (sulfide) groups is 1. The summed E-state index contributed by atoms with van der Waals surface area (Å²) in [7, 11) is 0. The molecule has 1 atom stereocenters. The Kier molecular flexibility index (Phi) is 4.25. The molecule has 1 heterocycles. The fraction of sp³-hybridized carbons (Fsp3) is 0.308. The largest absolute Gasteiger partial charge is 0.448 e. The van der Waals surface area contributed by atoms with E-state index < -0.39 is 12.1 Å². The predicted molar refractivity (Wildman–Crippen MR) is 75.9 cm³/mol. The van der Waals surface area contributed by atoms with Gasteiger partial charge in [-0.05, 0) is 17.7 Å². The second-order valence-electron chi connectivity index (χ2n) is 4.18. The molecule has 96 valence electrons. The van der Waals surface area contributed by atoms with Crippen molar-refractivity contribution in [3.8, 4) is 0 Å². The average Bonchev–Trinajstić information content (AvgIpc) is 2.58. The number of rotatable bonds is 3. The maximum absolute atomic E-state index is 11.6. The van der Waals surface area contributed by atoms with Gasteiger partial charge < -0.3 is 4.74 Å². The van der Waals surface area contributed by atoms with Gasteiger partial charge in [-0.1, -0.05) is 49.2 Å². The van der Waals surface area contributed by atoms with Crippen molar-refractivity contribution >= 4 is 40.9 Å². The van der Waals surface area contributed by atoms with Crippen molar-refractivity contribution in [3.05, 3.63) is 44.8 Å². The van der Waals surface area contributed by atoms with E-state index in [1.165, 1.54) is 0 Å². The Hall–Kier alpha value is -0.640. The van der Waals surface area contributed by atoms with E-state index in [1.54, 1.807) is 23.9 Å². The van der Waals surface area contributed by atoms with Crippen LogP contribution in [0.1, 0.15) is 25.5 Å². The van der Waals surface area contributed by atoms with Crippen LogP contribution in [0.3, 0.4) is 0 Å². The second kappa shape index (κ2) is 5.55. The van der Waals surface area contributed by atoms with Crippen LogP contribution in [0, 0.1) is 0 Å². The lowest BCUT2D eigenvalue weighted by molar-refractivity contribution is -0.139. The Morgan fingerprint density at radius 3 is 2.39 bits per heavy atom. The number of halogens is 2. The van der Waals surface area contributed by atoms with Crippen LogP contribution >= 0.6 is 35.0 Å². The van der Waals surface area contributed by atoms with Gasteiger partial charge in [0, 0.05) is 10.3 Å². The average molecular weight is 303 g/mol. The van der Waals surface area contributed by atoms with Crippen LogP contribution in [0.15, 0.2) is 34.2 Å². The van der Waals surface area contributed by atoms with Gasteiger partial charge in [0.2, 0.25) is 0 Å². The van der Waals surface area contributed by atoms with Gasteiger partial charge in [0.1, 0.15) is 5.03 Å². The first-order valence-electron chi connectivity index (χ1n) is 5.52. The highest BCUT2D eigenvalue weighted by atomic mass is 35.5. The van der Waals surface area contributed by atoms with Crippen molar-refractivity contribution in [2.75, 3.05) is 0 Å². The molecule has 2 nitrogen and oxygen atoms in total. The molecule has 0 aliphatic carbocycles. The Morgan fingerprint density at radius 2 is 1.83 bits per heavy atom. The van der Waals surface area contributed by atoms with Crippen molar-refractivity contribution in [1.82, 2.24) is 0 Å². The number of ether oxygens (including phenoxy) is 1. The number of hydrogen-bond donors (Lipinski definition) is 0. The molecule has 1 aromatic carbocycles. The van der Waals surface area contributed by atoms with Gasteiger partial charge >= 0.3 is 5.97 Å². The fourth-order valence-electron chi connectivity index (χ4n) is 1.65. The van der Waals surface area contributed by atoms with E-state index in [0.717, 1.165) is 10.5 Å². The minimum Gasteiger partial charge on any atom is -0.448 e. The number of cyclic esters (lactones) is 1. The molecule has 0 amide bonds. The van der Waals surface area contributed by atoms with E-state index in [-0.39, 0.29) is 5.03 Å². The van der Waals surface area contributed by atoms with Gasteiger partial charge in [-0.15, -0.1) is 11.8 Å². The zero-order chi connectivity index (χ0) is 13.3. The van der Waals surface area contributed by atoms with Crippen molar-refractivity contribution in [1.29, 1.82) is 0 Å². The molecule has 0 saturated heterocycles. The molecule has 5 heteroatoms. The van der Waals surface area contributed by atoms with Crippen LogP contribution in [0.4, 0.5) is 0 Å². The Labute approximate surface area is 120 Å². The number of hydrogen-bond acceptors (Lipinski definition) is 3. The summed E-state index contributed by atoms with van der Waals surface area (Å²) in [6, 6.07) is 7.23. The molecule has 0 saturated carbocycles. The standard InChI is InChI=1S/C13H12Cl2O2S/c1-7(2)18-12-10(15)13(16)17-11(12)8-3-5-9(14)6-4-8/h3-7,11H,1-2H3. The third-order valence-corrected chi connectivity index (χ3v) is 4.26. The van der Waals surface area contributed by atoms with Gasteiger partial charge in [0.25, 0.3) is 0 Å². The molecule has 18 heavy (non-hydrogen) atoms. The zero-order valence-electron chi connectivity index (χ0n) is 9.94. The first kappa shape index (κ1) is 13.8. The lowest BCUT2D eigenvalue weighted by Crippen LogP contribution is -2.03. The monoisotopic (exact) mass is 302 g/mol. The molecular weight excluding hydrogens is 291 g/mol. The van der Waals surface area contributed by atoms with E-state index in [2.05, 4.69) is 0 Å². The molecule has 0 N–H and O–H groups in total. The molecule has 2 rings (SSSR count). The summed E-state index contributed by atoms with van der Waals surface area (Å²) < 4.78 is 5.30. The van der Waals surface area contributed by atoms with Crippen molar-refractivity contribution < 1.29 is 9.53 Å². The summed E-state index contributed by atoms with van der Waals surface area (Å²) in [5.41, 5.74) is 0.881. The molecule has 0 bridgehead atoms. The van der Waals surface area contributed by atoms with Gasteiger partial charge in [-0.25, -0.2) is 4.79 Å². The lowest BCUT2D eigenvalue weighted by atomic mass is 10.1. The highest BCUT2D eigenvalue weighted by molar-refractivity contribution is 8.03. The van der Waals surface area contributed by atoms with Crippen LogP contribution in [-0.4, -0.2) is 11.2 Å². The SMILES string of the molecule is CC(C)SC1=C(Cl)C(=O)OC1c1ccc(Cl)cc1. The van der Waals surface area contributed by atoms with E-state index in [9.17, 15) is 4.79 Å². The van der Waals surface area contributed by atoms with Crippen molar-refractivity contribution in [2.45, 2.75) is 25.2 Å². The fourth-order valence-corrected chi connectivity index (χ4v) is 3.06. The normalized spacial score (nSPS) is 19.6. The summed E-state index contributed by atoms with van der Waals surface area (Å²) in [5.74, 6) is -0.459. The Bertz CT molecular complexity index is 494. The maximum atomic E-state index is 11.6. The number of carbonyl (C=O) groups is 1. The van der Waals surface area contributed by atoms with Gasteiger partial charge in [0.15, 0.2) is 6.10 Å². The molecule has 1 aliphatic heterocycles. The molecule has 0 aromatic heterocycles. The third-order valence-electron chi connectivity index (χ3n) is 2.39. The van der Waals surface area contributed by atoms with Crippen molar-refractivity contribution in [2.24, 2.45) is 0 Å². The van der Waals surface area contributed by atoms with Gasteiger partial charge in [0.05, 0.1) is 4.91 Å². The van der Waals surface area contributed by atoms with Gasteiger partial charge in [-0.2, -0.15) is 0 Å². The van der Waals surface area contributed by atoms with Crippen LogP contribution in [0.5, 0.6) is 0 Å². The lowest BCUT2D eigenvalue weighted by Gasteiger charge is -2.15. The summed E-state index contributed by atoms with van der Waals surface area (Å²) in [5, 5.41) is 1.17. The quantitative estimate of drug-likeness (QED) is 0.767. The van der Waals surface area contributed by atoms with Crippen molar-refractivity contribution in [3.63, 3.8) is 0 Å². The summed E-state index contributed by atoms with van der Waals surface area (Å²) >= 11 is 13.4. The Morgan fingerprint density at radius 1 is 1.22 bits per heavy atom. The van der Waals surface area contributed by atoms with E-state index >= 15 is 0 Å². The summed E-state index contributed by atoms with van der Waals surface area (Å²) in [4.78, 5) is 12.3. The zero-order valence-corrected chi connectivity index (χ0v) is 12.3. The van der Waals surface area contributed by atoms with E-state index in [1.807, 2.05) is 26.0 Å². The van der Waals surface area contributed by atoms with Crippen LogP contribution in [0.25, 0.3) is 0 Å². The second-order valence-corrected chi connectivity index (χ2v) is 6.61. The third kappa shape index (κ3) is 2.85. The first-order valence-corrected chi connectivity index (χ1v) is 7.15. The first-order chi connectivity index (χ1) is 8.49. The van der Waals surface area contributed by atoms with Gasteiger partial charge in [-0.3, -0.25) is 0 Å². The number of esters is 1. The molecule has 1 aliphatic rings. The van der Waals surface area contributed by atoms with Crippen LogP contribution < -0.4 is 0 Å². The Balaban J connectivity index is 2.33. The smallest absolute Gasteiger partial charge is 0.351 e. The van der Waals surface area contributed by atoms with Crippen LogP contribution in [-0.2, 0) is 9.53 Å². The minimum absolute atomic E-state index is 0.189. The molecular formula is C13H12Cl2O2S. The minimum atomic E-state index is -0.459. The number of carbonyl (C=O) groups excluding carboxylic acids is 1. The predicted octanol–water partition coefficient (Wildman–Crippen LogP) is 4.53. The molecule has 0 fully saturated rings.